The van der Waals surface area contributed by atoms with E-state index in [1.165, 1.54) is 12.1 Å². The fourth-order valence-corrected chi connectivity index (χ4v) is 4.17. The lowest BCUT2D eigenvalue weighted by atomic mass is 10.1. The van der Waals surface area contributed by atoms with Gasteiger partial charge in [0.25, 0.3) is 0 Å². The summed E-state index contributed by atoms with van der Waals surface area (Å²) in [7, 11) is 1.86. The standard InChI is InChI=1S/C24H24F2N6O/c1-13-7-19-22(18-6-5-17(25)8-20(18)26)29-24(30-23(19)28-15(13)3)32-10-14(2)33-21(12-32)16-9-27-31(4)11-16/h5-9,11,14,21H,10,12H2,1-4H3/t14-,21+/m0/s1. The zero-order valence-electron chi connectivity index (χ0n) is 18.9. The third-order valence-corrected chi connectivity index (χ3v) is 5.94. The number of ether oxygens (including phenoxy) is 1. The molecule has 1 saturated heterocycles. The first kappa shape index (κ1) is 21.4. The minimum absolute atomic E-state index is 0.0815. The molecule has 0 unspecified atom stereocenters. The Morgan fingerprint density at radius 3 is 2.61 bits per heavy atom. The summed E-state index contributed by atoms with van der Waals surface area (Å²) in [5, 5.41) is 4.87. The van der Waals surface area contributed by atoms with Gasteiger partial charge in [0.05, 0.1) is 24.5 Å². The van der Waals surface area contributed by atoms with Gasteiger partial charge in [0.1, 0.15) is 17.7 Å². The van der Waals surface area contributed by atoms with Gasteiger partial charge in [-0.2, -0.15) is 10.1 Å². The monoisotopic (exact) mass is 450 g/mol. The SMILES string of the molecule is Cc1cc2c(-c3ccc(F)cc3F)nc(N3C[C@H](C)O[C@@H](c4cnn(C)c4)C3)nc2nc1C. The zero-order chi connectivity index (χ0) is 23.3. The van der Waals surface area contributed by atoms with Crippen molar-refractivity contribution in [2.45, 2.75) is 33.0 Å². The highest BCUT2D eigenvalue weighted by Gasteiger charge is 2.30. The summed E-state index contributed by atoms with van der Waals surface area (Å²) in [5.74, 6) is -0.884. The Kier molecular flexibility index (Phi) is 5.28. The maximum Gasteiger partial charge on any atom is 0.228 e. The van der Waals surface area contributed by atoms with Crippen molar-refractivity contribution >= 4 is 17.0 Å². The molecule has 0 saturated carbocycles. The third-order valence-electron chi connectivity index (χ3n) is 5.94. The molecule has 0 bridgehead atoms. The van der Waals surface area contributed by atoms with Crippen LogP contribution in [0.4, 0.5) is 14.7 Å². The number of benzene rings is 1. The molecule has 9 heteroatoms. The Morgan fingerprint density at radius 1 is 1.06 bits per heavy atom. The smallest absolute Gasteiger partial charge is 0.228 e. The fourth-order valence-electron chi connectivity index (χ4n) is 4.17. The van der Waals surface area contributed by atoms with Crippen molar-refractivity contribution in [1.82, 2.24) is 24.7 Å². The molecule has 1 aromatic carbocycles. The van der Waals surface area contributed by atoms with Gasteiger partial charge in [0.2, 0.25) is 5.95 Å². The summed E-state index contributed by atoms with van der Waals surface area (Å²) >= 11 is 0. The Bertz CT molecular complexity index is 1350. The second-order valence-corrected chi connectivity index (χ2v) is 8.55. The molecule has 2 atom stereocenters. The van der Waals surface area contributed by atoms with Crippen LogP contribution in [-0.4, -0.2) is 43.9 Å². The van der Waals surface area contributed by atoms with E-state index in [1.54, 1.807) is 10.9 Å². The highest BCUT2D eigenvalue weighted by molar-refractivity contribution is 5.92. The molecular weight excluding hydrogens is 426 g/mol. The Labute approximate surface area is 190 Å². The molecule has 0 aliphatic carbocycles. The number of morpholine rings is 1. The second kappa shape index (κ2) is 8.15. The van der Waals surface area contributed by atoms with Gasteiger partial charge in [-0.05, 0) is 44.5 Å². The number of aromatic nitrogens is 5. The van der Waals surface area contributed by atoms with Crippen molar-refractivity contribution in [1.29, 1.82) is 0 Å². The summed E-state index contributed by atoms with van der Waals surface area (Å²) in [5.41, 5.74) is 3.81. The van der Waals surface area contributed by atoms with Crippen LogP contribution in [0, 0.1) is 25.5 Å². The molecule has 1 fully saturated rings. The van der Waals surface area contributed by atoms with Crippen molar-refractivity contribution in [3.8, 4) is 11.3 Å². The predicted molar refractivity (Wildman–Crippen MR) is 121 cm³/mol. The quantitative estimate of drug-likeness (QED) is 0.464. The minimum atomic E-state index is -0.678. The van der Waals surface area contributed by atoms with E-state index in [0.717, 1.165) is 22.9 Å². The van der Waals surface area contributed by atoms with Crippen molar-refractivity contribution in [3.05, 3.63) is 65.1 Å². The molecule has 33 heavy (non-hydrogen) atoms. The Hall–Kier alpha value is -3.46. The van der Waals surface area contributed by atoms with Crippen LogP contribution in [0.3, 0.4) is 0 Å². The normalized spacial score (nSPS) is 18.8. The van der Waals surface area contributed by atoms with Crippen molar-refractivity contribution in [3.63, 3.8) is 0 Å². The fraction of sp³-hybridized carbons (Fsp3) is 0.333. The number of aryl methyl sites for hydroxylation is 3. The first-order valence-corrected chi connectivity index (χ1v) is 10.8. The summed E-state index contributed by atoms with van der Waals surface area (Å²) in [6.45, 7) is 6.91. The summed E-state index contributed by atoms with van der Waals surface area (Å²) in [4.78, 5) is 16.2. The first-order valence-electron chi connectivity index (χ1n) is 10.8. The van der Waals surface area contributed by atoms with Crippen LogP contribution in [0.15, 0.2) is 36.7 Å². The van der Waals surface area contributed by atoms with Gasteiger partial charge in [-0.3, -0.25) is 4.68 Å². The van der Waals surface area contributed by atoms with E-state index in [0.29, 0.717) is 35.8 Å². The molecule has 170 valence electrons. The van der Waals surface area contributed by atoms with E-state index >= 15 is 0 Å². The zero-order valence-corrected chi connectivity index (χ0v) is 18.9. The molecule has 4 heterocycles. The van der Waals surface area contributed by atoms with Crippen LogP contribution in [-0.2, 0) is 11.8 Å². The van der Waals surface area contributed by atoms with E-state index in [9.17, 15) is 8.78 Å². The average molecular weight is 450 g/mol. The van der Waals surface area contributed by atoms with Crippen molar-refractivity contribution < 1.29 is 13.5 Å². The third kappa shape index (κ3) is 4.04. The molecule has 1 aliphatic heterocycles. The van der Waals surface area contributed by atoms with Gasteiger partial charge < -0.3 is 9.64 Å². The maximum absolute atomic E-state index is 14.8. The molecular formula is C24H24F2N6O. The number of pyridine rings is 1. The van der Waals surface area contributed by atoms with Crippen molar-refractivity contribution in [2.75, 3.05) is 18.0 Å². The number of halogens is 2. The van der Waals surface area contributed by atoms with Gasteiger partial charge >= 0.3 is 0 Å². The topological polar surface area (TPSA) is 69.0 Å². The van der Waals surface area contributed by atoms with Gasteiger partial charge in [-0.1, -0.05) is 0 Å². The van der Waals surface area contributed by atoms with Gasteiger partial charge in [-0.25, -0.2) is 18.7 Å². The van der Waals surface area contributed by atoms with Crippen LogP contribution in [0.25, 0.3) is 22.3 Å². The van der Waals surface area contributed by atoms with Gasteiger partial charge in [-0.15, -0.1) is 0 Å². The van der Waals surface area contributed by atoms with Crippen LogP contribution in [0.5, 0.6) is 0 Å². The van der Waals surface area contributed by atoms with E-state index in [4.69, 9.17) is 14.7 Å². The number of fused-ring (bicyclic) bond motifs is 1. The summed E-state index contributed by atoms with van der Waals surface area (Å²) < 4.78 is 36.3. The molecule has 4 aromatic rings. The van der Waals surface area contributed by atoms with E-state index in [1.807, 2.05) is 45.0 Å². The average Bonchev–Trinajstić information content (AvgIpc) is 3.20. The first-order chi connectivity index (χ1) is 15.8. The number of anilines is 1. The minimum Gasteiger partial charge on any atom is -0.367 e. The largest absolute Gasteiger partial charge is 0.367 e. The van der Waals surface area contributed by atoms with Crippen LogP contribution >= 0.6 is 0 Å². The number of nitrogens with zero attached hydrogens (tertiary/aromatic N) is 6. The molecule has 7 nitrogen and oxygen atoms in total. The lowest BCUT2D eigenvalue weighted by Gasteiger charge is -2.36. The number of rotatable bonds is 3. The molecule has 0 radical (unpaired) electrons. The lowest BCUT2D eigenvalue weighted by Crippen LogP contribution is -2.43. The highest BCUT2D eigenvalue weighted by atomic mass is 19.1. The Morgan fingerprint density at radius 2 is 1.88 bits per heavy atom. The van der Waals surface area contributed by atoms with E-state index in [2.05, 4.69) is 10.1 Å². The summed E-state index contributed by atoms with van der Waals surface area (Å²) in [6.07, 6.45) is 3.42. The van der Waals surface area contributed by atoms with Crippen molar-refractivity contribution in [2.24, 2.45) is 7.05 Å². The Balaban J connectivity index is 1.64. The van der Waals surface area contributed by atoms with Gasteiger partial charge in [0.15, 0.2) is 5.65 Å². The lowest BCUT2D eigenvalue weighted by molar-refractivity contribution is -0.0178. The second-order valence-electron chi connectivity index (χ2n) is 8.55. The molecule has 5 rings (SSSR count). The molecule has 0 spiro atoms. The van der Waals surface area contributed by atoms with Gasteiger partial charge in [0, 0.05) is 48.1 Å². The number of hydrogen-bond donors (Lipinski definition) is 0. The van der Waals surface area contributed by atoms with Crippen LogP contribution in [0.1, 0.15) is 29.8 Å². The number of hydrogen-bond acceptors (Lipinski definition) is 6. The highest BCUT2D eigenvalue weighted by Crippen LogP contribution is 2.33. The van der Waals surface area contributed by atoms with E-state index < -0.39 is 11.6 Å². The van der Waals surface area contributed by atoms with Crippen LogP contribution in [0.2, 0.25) is 0 Å². The molecule has 3 aromatic heterocycles. The maximum atomic E-state index is 14.8. The molecule has 1 aliphatic rings. The predicted octanol–water partition coefficient (Wildman–Crippen LogP) is 4.29. The van der Waals surface area contributed by atoms with E-state index in [-0.39, 0.29) is 17.8 Å². The molecule has 0 amide bonds. The molecule has 0 N–H and O–H groups in total. The van der Waals surface area contributed by atoms with Crippen LogP contribution < -0.4 is 4.90 Å². The summed E-state index contributed by atoms with van der Waals surface area (Å²) in [6, 6.07) is 5.41.